The monoisotopic (exact) mass is 276 g/mol. The first-order chi connectivity index (χ1) is 9.16. The van der Waals surface area contributed by atoms with Gasteiger partial charge in [0.15, 0.2) is 5.82 Å². The molecule has 100 valence electrons. The predicted octanol–water partition coefficient (Wildman–Crippen LogP) is 2.42. The van der Waals surface area contributed by atoms with Gasteiger partial charge < -0.3 is 11.1 Å². The normalized spacial score (nSPS) is 18.1. The first kappa shape index (κ1) is 12.2. The summed E-state index contributed by atoms with van der Waals surface area (Å²) in [6.45, 7) is 1.83. The van der Waals surface area contributed by atoms with Gasteiger partial charge in [0, 0.05) is 4.88 Å². The maximum Gasteiger partial charge on any atom is 0.233 e. The summed E-state index contributed by atoms with van der Waals surface area (Å²) in [5.41, 5.74) is 8.30. The van der Waals surface area contributed by atoms with Gasteiger partial charge in [0.2, 0.25) is 5.91 Å². The molecule has 3 rings (SSSR count). The van der Waals surface area contributed by atoms with Crippen molar-refractivity contribution in [1.29, 1.82) is 0 Å². The zero-order valence-corrected chi connectivity index (χ0v) is 11.5. The van der Waals surface area contributed by atoms with Crippen molar-refractivity contribution < 1.29 is 4.79 Å². The number of aromatic amines is 1. The molecule has 2 aromatic rings. The molecule has 0 saturated heterocycles. The van der Waals surface area contributed by atoms with Crippen molar-refractivity contribution in [3.63, 3.8) is 0 Å². The number of hydrogen-bond donors (Lipinski definition) is 3. The number of aromatic nitrogens is 2. The third-order valence-corrected chi connectivity index (χ3v) is 4.60. The van der Waals surface area contributed by atoms with Crippen molar-refractivity contribution in [2.45, 2.75) is 32.1 Å². The number of rotatable bonds is 2. The van der Waals surface area contributed by atoms with Crippen LogP contribution in [0, 0.1) is 6.92 Å². The van der Waals surface area contributed by atoms with Gasteiger partial charge in [-0.3, -0.25) is 9.89 Å². The van der Waals surface area contributed by atoms with Gasteiger partial charge in [0.25, 0.3) is 0 Å². The van der Waals surface area contributed by atoms with Gasteiger partial charge in [0.1, 0.15) is 0 Å². The van der Waals surface area contributed by atoms with Crippen LogP contribution < -0.4 is 11.1 Å². The van der Waals surface area contributed by atoms with Crippen molar-refractivity contribution in [3.8, 4) is 0 Å². The molecule has 0 aliphatic heterocycles. The molecule has 5 nitrogen and oxygen atoms in total. The largest absolute Gasteiger partial charge is 0.394 e. The van der Waals surface area contributed by atoms with Crippen LogP contribution in [0.3, 0.4) is 0 Å². The zero-order valence-electron chi connectivity index (χ0n) is 10.7. The fraction of sp³-hybridized carbons (Fsp3) is 0.385. The van der Waals surface area contributed by atoms with E-state index in [4.69, 9.17) is 5.73 Å². The number of nitrogens with two attached hydrogens (primary N) is 1. The molecule has 2 aromatic heterocycles. The highest BCUT2D eigenvalue weighted by atomic mass is 32.1. The Morgan fingerprint density at radius 1 is 1.63 bits per heavy atom. The zero-order chi connectivity index (χ0) is 13.4. The van der Waals surface area contributed by atoms with E-state index in [0.717, 1.165) is 25.0 Å². The average Bonchev–Trinajstić information content (AvgIpc) is 3.00. The molecule has 1 amide bonds. The minimum absolute atomic E-state index is 0.0162. The third kappa shape index (κ3) is 2.12. The summed E-state index contributed by atoms with van der Waals surface area (Å²) in [5.74, 6) is 0.341. The number of thiophene rings is 1. The van der Waals surface area contributed by atoms with Crippen LogP contribution in [0.2, 0.25) is 0 Å². The molecule has 1 aliphatic carbocycles. The summed E-state index contributed by atoms with van der Waals surface area (Å²) >= 11 is 1.73. The predicted molar refractivity (Wildman–Crippen MR) is 76.4 cm³/mol. The van der Waals surface area contributed by atoms with Crippen LogP contribution in [-0.2, 0) is 11.2 Å². The van der Waals surface area contributed by atoms with Gasteiger partial charge in [-0.05, 0) is 43.2 Å². The Kier molecular flexibility index (Phi) is 3.02. The molecule has 1 aliphatic rings. The SMILES string of the molecule is Cc1[nH]nc(NC(=O)C2CCCc3sccc32)c1N. The lowest BCUT2D eigenvalue weighted by Gasteiger charge is -2.21. The highest BCUT2D eigenvalue weighted by Gasteiger charge is 2.28. The average molecular weight is 276 g/mol. The molecule has 0 bridgehead atoms. The summed E-state index contributed by atoms with van der Waals surface area (Å²) < 4.78 is 0. The van der Waals surface area contributed by atoms with Crippen molar-refractivity contribution in [2.24, 2.45) is 0 Å². The Hall–Kier alpha value is -1.82. The van der Waals surface area contributed by atoms with E-state index in [1.165, 1.54) is 10.4 Å². The number of nitrogens with one attached hydrogen (secondary N) is 2. The molecule has 1 atom stereocenters. The minimum Gasteiger partial charge on any atom is -0.394 e. The molecular weight excluding hydrogens is 260 g/mol. The van der Waals surface area contributed by atoms with Crippen molar-refractivity contribution in [1.82, 2.24) is 10.2 Å². The van der Waals surface area contributed by atoms with Gasteiger partial charge in [0.05, 0.1) is 17.3 Å². The number of H-pyrrole nitrogens is 1. The van der Waals surface area contributed by atoms with Crippen molar-refractivity contribution >= 4 is 28.7 Å². The van der Waals surface area contributed by atoms with Crippen LogP contribution in [0.4, 0.5) is 11.5 Å². The van der Waals surface area contributed by atoms with Crippen LogP contribution in [-0.4, -0.2) is 16.1 Å². The van der Waals surface area contributed by atoms with Gasteiger partial charge in [-0.2, -0.15) is 5.10 Å². The van der Waals surface area contributed by atoms with E-state index in [1.54, 1.807) is 11.3 Å². The van der Waals surface area contributed by atoms with Gasteiger partial charge in [-0.1, -0.05) is 0 Å². The lowest BCUT2D eigenvalue weighted by molar-refractivity contribution is -0.117. The van der Waals surface area contributed by atoms with E-state index in [9.17, 15) is 4.79 Å². The summed E-state index contributed by atoms with van der Waals surface area (Å²) in [7, 11) is 0. The van der Waals surface area contributed by atoms with Crippen LogP contribution in [0.25, 0.3) is 0 Å². The molecule has 1 unspecified atom stereocenters. The molecule has 0 radical (unpaired) electrons. The van der Waals surface area contributed by atoms with Gasteiger partial charge in [-0.15, -0.1) is 11.3 Å². The van der Waals surface area contributed by atoms with E-state index in [1.807, 2.05) is 6.92 Å². The Labute approximate surface area is 115 Å². The fourth-order valence-electron chi connectivity index (χ4n) is 2.50. The number of aryl methyl sites for hydroxylation is 2. The highest BCUT2D eigenvalue weighted by molar-refractivity contribution is 7.10. The maximum absolute atomic E-state index is 12.4. The number of fused-ring (bicyclic) bond motifs is 1. The fourth-order valence-corrected chi connectivity index (χ4v) is 3.48. The lowest BCUT2D eigenvalue weighted by Crippen LogP contribution is -2.24. The highest BCUT2D eigenvalue weighted by Crippen LogP contribution is 2.35. The summed E-state index contributed by atoms with van der Waals surface area (Å²) in [6.07, 6.45) is 3.03. The van der Waals surface area contributed by atoms with E-state index in [0.29, 0.717) is 11.5 Å². The number of amides is 1. The molecule has 0 saturated carbocycles. The number of anilines is 2. The van der Waals surface area contributed by atoms with Crippen molar-refractivity contribution in [2.75, 3.05) is 11.1 Å². The Morgan fingerprint density at radius 3 is 3.21 bits per heavy atom. The third-order valence-electron chi connectivity index (χ3n) is 3.60. The first-order valence-electron chi connectivity index (χ1n) is 6.34. The van der Waals surface area contributed by atoms with Gasteiger partial charge >= 0.3 is 0 Å². The summed E-state index contributed by atoms with van der Waals surface area (Å²) in [6, 6.07) is 2.06. The van der Waals surface area contributed by atoms with Crippen LogP contribution in [0.1, 0.15) is 34.9 Å². The summed E-state index contributed by atoms with van der Waals surface area (Å²) in [5, 5.41) is 11.7. The van der Waals surface area contributed by atoms with Gasteiger partial charge in [-0.25, -0.2) is 0 Å². The van der Waals surface area contributed by atoms with E-state index >= 15 is 0 Å². The van der Waals surface area contributed by atoms with E-state index in [2.05, 4.69) is 27.0 Å². The van der Waals surface area contributed by atoms with Crippen LogP contribution in [0.15, 0.2) is 11.4 Å². The topological polar surface area (TPSA) is 83.8 Å². The number of nitrogen functional groups attached to an aromatic ring is 1. The van der Waals surface area contributed by atoms with E-state index < -0.39 is 0 Å². The minimum atomic E-state index is -0.0774. The standard InChI is InChI=1S/C13H16N4OS/c1-7-11(14)12(17-16-7)15-13(18)9-3-2-4-10-8(9)5-6-19-10/h5-6,9H,2-4,14H2,1H3,(H2,15,16,17,18). The number of hydrogen-bond acceptors (Lipinski definition) is 4. The Bertz CT molecular complexity index is 616. The molecule has 0 fully saturated rings. The number of carbonyl (C=O) groups excluding carboxylic acids is 1. The molecular formula is C13H16N4OS. The Morgan fingerprint density at radius 2 is 2.47 bits per heavy atom. The van der Waals surface area contributed by atoms with Crippen LogP contribution in [0.5, 0.6) is 0 Å². The quantitative estimate of drug-likeness (QED) is 0.787. The molecule has 19 heavy (non-hydrogen) atoms. The molecule has 0 spiro atoms. The second-order valence-electron chi connectivity index (χ2n) is 4.84. The lowest BCUT2D eigenvalue weighted by atomic mass is 9.87. The molecule has 0 aromatic carbocycles. The maximum atomic E-state index is 12.4. The molecule has 2 heterocycles. The van der Waals surface area contributed by atoms with Crippen LogP contribution >= 0.6 is 11.3 Å². The number of carbonyl (C=O) groups is 1. The Balaban J connectivity index is 1.81. The first-order valence-corrected chi connectivity index (χ1v) is 7.22. The second-order valence-corrected chi connectivity index (χ2v) is 5.84. The second kappa shape index (κ2) is 4.70. The number of nitrogens with zero attached hydrogens (tertiary/aromatic N) is 1. The van der Waals surface area contributed by atoms with E-state index in [-0.39, 0.29) is 11.8 Å². The molecule has 4 N–H and O–H groups in total. The smallest absolute Gasteiger partial charge is 0.233 e. The molecule has 6 heteroatoms. The van der Waals surface area contributed by atoms with Crippen molar-refractivity contribution in [3.05, 3.63) is 27.6 Å². The summed E-state index contributed by atoms with van der Waals surface area (Å²) in [4.78, 5) is 13.7.